The van der Waals surface area contributed by atoms with Crippen molar-refractivity contribution in [3.63, 3.8) is 0 Å². The van der Waals surface area contributed by atoms with Crippen molar-refractivity contribution in [2.45, 2.75) is 51.2 Å². The molecule has 0 spiro atoms. The summed E-state index contributed by atoms with van der Waals surface area (Å²) in [6, 6.07) is 21.3. The normalized spacial score (nSPS) is 20.4. The first-order valence-corrected chi connectivity index (χ1v) is 11.7. The maximum absolute atomic E-state index is 12.0. The summed E-state index contributed by atoms with van der Waals surface area (Å²) >= 11 is 0. The molecular weight excluding hydrogens is 352 g/mol. The second-order valence-corrected chi connectivity index (χ2v) is 12.7. The number of methoxy groups -OCH3 is 1. The zero-order valence-electron chi connectivity index (χ0n) is 16.8. The van der Waals surface area contributed by atoms with Crippen LogP contribution in [0.1, 0.15) is 40.0 Å². The van der Waals surface area contributed by atoms with Crippen molar-refractivity contribution in [3.8, 4) is 0 Å². The van der Waals surface area contributed by atoms with Crippen LogP contribution in [0.15, 0.2) is 60.7 Å². The highest BCUT2D eigenvalue weighted by Crippen LogP contribution is 2.40. The Balaban J connectivity index is 2.04. The summed E-state index contributed by atoms with van der Waals surface area (Å²) < 4.78 is 12.1. The van der Waals surface area contributed by atoms with Gasteiger partial charge in [0.2, 0.25) is 0 Å². The summed E-state index contributed by atoms with van der Waals surface area (Å²) in [5.74, 6) is -0.151. The molecule has 0 amide bonds. The predicted octanol–water partition coefficient (Wildman–Crippen LogP) is 3.90. The summed E-state index contributed by atoms with van der Waals surface area (Å²) in [7, 11) is -1.07. The number of benzene rings is 2. The van der Waals surface area contributed by atoms with Gasteiger partial charge in [-0.1, -0.05) is 81.4 Å². The lowest BCUT2D eigenvalue weighted by atomic mass is 10.1. The molecule has 0 aliphatic heterocycles. The van der Waals surface area contributed by atoms with Crippen molar-refractivity contribution in [3.05, 3.63) is 60.7 Å². The average molecular weight is 383 g/mol. The topological polar surface area (TPSA) is 35.5 Å². The lowest BCUT2D eigenvalue weighted by Gasteiger charge is -2.44. The molecule has 1 aliphatic carbocycles. The van der Waals surface area contributed by atoms with E-state index in [1.54, 1.807) is 0 Å². The molecule has 0 heterocycles. The molecule has 1 saturated carbocycles. The molecule has 3 rings (SSSR count). The van der Waals surface area contributed by atoms with E-state index >= 15 is 0 Å². The van der Waals surface area contributed by atoms with Gasteiger partial charge in [-0.25, -0.2) is 0 Å². The van der Waals surface area contributed by atoms with E-state index in [0.717, 1.165) is 19.3 Å². The van der Waals surface area contributed by atoms with Gasteiger partial charge < -0.3 is 9.16 Å². The Morgan fingerprint density at radius 1 is 0.926 bits per heavy atom. The van der Waals surface area contributed by atoms with Crippen molar-refractivity contribution >= 4 is 24.7 Å². The number of rotatable bonds is 5. The van der Waals surface area contributed by atoms with Crippen molar-refractivity contribution in [2.24, 2.45) is 5.92 Å². The van der Waals surface area contributed by atoms with E-state index in [-0.39, 0.29) is 23.0 Å². The van der Waals surface area contributed by atoms with Crippen molar-refractivity contribution < 1.29 is 14.0 Å². The molecule has 1 aliphatic rings. The first-order chi connectivity index (χ1) is 12.9. The molecule has 144 valence electrons. The van der Waals surface area contributed by atoms with Crippen LogP contribution >= 0.6 is 0 Å². The third kappa shape index (κ3) is 3.87. The highest BCUT2D eigenvalue weighted by atomic mass is 28.4. The van der Waals surface area contributed by atoms with Gasteiger partial charge in [0.05, 0.1) is 13.0 Å². The van der Waals surface area contributed by atoms with E-state index in [9.17, 15) is 4.79 Å². The number of esters is 1. The van der Waals surface area contributed by atoms with E-state index in [2.05, 4.69) is 81.4 Å². The van der Waals surface area contributed by atoms with E-state index < -0.39 is 8.32 Å². The second kappa shape index (κ2) is 7.99. The van der Waals surface area contributed by atoms with Crippen LogP contribution in [-0.4, -0.2) is 27.5 Å². The van der Waals surface area contributed by atoms with Crippen molar-refractivity contribution in [1.29, 1.82) is 0 Å². The third-order valence-electron chi connectivity index (χ3n) is 5.68. The van der Waals surface area contributed by atoms with Gasteiger partial charge in [0, 0.05) is 6.10 Å². The van der Waals surface area contributed by atoms with Crippen LogP contribution in [0.3, 0.4) is 0 Å². The molecule has 27 heavy (non-hydrogen) atoms. The smallest absolute Gasteiger partial charge is 0.308 e. The second-order valence-electron chi connectivity index (χ2n) is 8.44. The quantitative estimate of drug-likeness (QED) is 0.581. The molecule has 2 unspecified atom stereocenters. The molecule has 1 fully saturated rings. The molecule has 0 N–H and O–H groups in total. The minimum atomic E-state index is -2.54. The van der Waals surface area contributed by atoms with Crippen LogP contribution in [0, 0.1) is 5.92 Å². The largest absolute Gasteiger partial charge is 0.469 e. The number of hydrogen-bond acceptors (Lipinski definition) is 3. The van der Waals surface area contributed by atoms with E-state index in [4.69, 9.17) is 9.16 Å². The van der Waals surface area contributed by atoms with Gasteiger partial charge in [0.1, 0.15) is 0 Å². The van der Waals surface area contributed by atoms with Crippen LogP contribution in [0.25, 0.3) is 0 Å². The van der Waals surface area contributed by atoms with Gasteiger partial charge in [-0.2, -0.15) is 0 Å². The Morgan fingerprint density at radius 3 is 1.89 bits per heavy atom. The van der Waals surface area contributed by atoms with Gasteiger partial charge >= 0.3 is 5.97 Å². The monoisotopic (exact) mass is 382 g/mol. The maximum atomic E-state index is 12.0. The highest BCUT2D eigenvalue weighted by Gasteiger charge is 2.52. The van der Waals surface area contributed by atoms with Crippen LogP contribution in [0.5, 0.6) is 0 Å². The first kappa shape index (κ1) is 19.8. The Hall–Kier alpha value is -1.91. The molecule has 3 nitrogen and oxygen atoms in total. The van der Waals surface area contributed by atoms with Crippen LogP contribution in [-0.2, 0) is 14.0 Å². The molecule has 0 radical (unpaired) electrons. The van der Waals surface area contributed by atoms with Gasteiger partial charge in [-0.3, -0.25) is 4.79 Å². The molecule has 0 bridgehead atoms. The fraction of sp³-hybridized carbons (Fsp3) is 0.435. The summed E-state index contributed by atoms with van der Waals surface area (Å²) in [5.41, 5.74) is 0. The Bertz CT molecular complexity index is 713. The van der Waals surface area contributed by atoms with Crippen molar-refractivity contribution in [2.75, 3.05) is 7.11 Å². The Kier molecular flexibility index (Phi) is 5.87. The van der Waals surface area contributed by atoms with E-state index in [1.807, 2.05) is 0 Å². The molecule has 0 saturated heterocycles. The lowest BCUT2D eigenvalue weighted by molar-refractivity contribution is -0.145. The maximum Gasteiger partial charge on any atom is 0.308 e. The molecule has 2 atom stereocenters. The SMILES string of the molecule is COC(=O)C1CCC(O[Si](c2ccccc2)(c2ccccc2)C(C)(C)C)C1. The Morgan fingerprint density at radius 2 is 1.44 bits per heavy atom. The fourth-order valence-corrected chi connectivity index (χ4v) is 9.10. The zero-order chi connectivity index (χ0) is 19.5. The summed E-state index contributed by atoms with van der Waals surface area (Å²) in [6.45, 7) is 6.85. The van der Waals surface area contributed by atoms with Crippen LogP contribution < -0.4 is 10.4 Å². The van der Waals surface area contributed by atoms with Gasteiger partial charge in [-0.15, -0.1) is 0 Å². The van der Waals surface area contributed by atoms with Crippen LogP contribution in [0.2, 0.25) is 5.04 Å². The standard InChI is InChI=1S/C23H30O3Si/c1-23(2,3)27(20-11-7-5-8-12-20,21-13-9-6-10-14-21)26-19-16-15-18(17-19)22(24)25-4/h5-14,18-19H,15-17H2,1-4H3. The summed E-state index contributed by atoms with van der Waals surface area (Å²) in [6.07, 6.45) is 2.58. The zero-order valence-corrected chi connectivity index (χ0v) is 17.8. The molecule has 4 heteroatoms. The van der Waals surface area contributed by atoms with Crippen molar-refractivity contribution in [1.82, 2.24) is 0 Å². The molecule has 2 aromatic carbocycles. The minimum Gasteiger partial charge on any atom is -0.469 e. The van der Waals surface area contributed by atoms with Gasteiger partial charge in [-0.05, 0) is 34.7 Å². The van der Waals surface area contributed by atoms with Crippen LogP contribution in [0.4, 0.5) is 0 Å². The predicted molar refractivity (Wildman–Crippen MR) is 112 cm³/mol. The minimum absolute atomic E-state index is 0.0426. The number of carbonyl (C=O) groups is 1. The molecule has 2 aromatic rings. The Labute approximate surface area is 163 Å². The van der Waals surface area contributed by atoms with E-state index in [1.165, 1.54) is 17.5 Å². The van der Waals surface area contributed by atoms with Gasteiger partial charge in [0.25, 0.3) is 8.32 Å². The lowest BCUT2D eigenvalue weighted by Crippen LogP contribution is -2.67. The summed E-state index contributed by atoms with van der Waals surface area (Å²) in [4.78, 5) is 12.0. The average Bonchev–Trinajstić information content (AvgIpc) is 3.14. The van der Waals surface area contributed by atoms with Gasteiger partial charge in [0.15, 0.2) is 0 Å². The number of carbonyl (C=O) groups excluding carboxylic acids is 1. The highest BCUT2D eigenvalue weighted by molar-refractivity contribution is 6.99. The number of hydrogen-bond donors (Lipinski definition) is 0. The number of ether oxygens (including phenoxy) is 1. The molecule has 0 aromatic heterocycles. The first-order valence-electron chi connectivity index (χ1n) is 9.75. The third-order valence-corrected chi connectivity index (χ3v) is 10.8. The summed E-state index contributed by atoms with van der Waals surface area (Å²) in [5, 5.41) is 2.52. The fourth-order valence-electron chi connectivity index (χ4n) is 4.37. The van der Waals surface area contributed by atoms with E-state index in [0.29, 0.717) is 0 Å². The molecular formula is C23H30O3Si.